The Bertz CT molecular complexity index is 419. The third kappa shape index (κ3) is 3.11. The van der Waals surface area contributed by atoms with Gasteiger partial charge >= 0.3 is 6.09 Å². The van der Waals surface area contributed by atoms with Gasteiger partial charge in [-0.25, -0.2) is 4.79 Å². The zero-order chi connectivity index (χ0) is 13.8. The van der Waals surface area contributed by atoms with Gasteiger partial charge in [-0.05, 0) is 13.0 Å². The van der Waals surface area contributed by atoms with Crippen molar-refractivity contribution in [1.82, 2.24) is 14.5 Å². The lowest BCUT2D eigenvalue weighted by molar-refractivity contribution is 0.0568. The molecule has 1 aromatic rings. The number of nitrogens with zero attached hydrogens (tertiary/aromatic N) is 3. The number of aromatic hydroxyl groups is 2. The van der Waals surface area contributed by atoms with Crippen LogP contribution in [0, 0.1) is 0 Å². The average Bonchev–Trinajstić information content (AvgIpc) is 2.72. The molecule has 2 N–H and O–H groups in total. The first-order valence-corrected chi connectivity index (χ1v) is 6.41. The van der Waals surface area contributed by atoms with Crippen LogP contribution in [0.4, 0.5) is 4.79 Å². The van der Waals surface area contributed by atoms with Crippen molar-refractivity contribution in [2.45, 2.75) is 13.3 Å². The Labute approximate surface area is 111 Å². The summed E-state index contributed by atoms with van der Waals surface area (Å²) >= 11 is 0. The zero-order valence-corrected chi connectivity index (χ0v) is 10.9. The summed E-state index contributed by atoms with van der Waals surface area (Å²) in [7, 11) is 0. The smallest absolute Gasteiger partial charge is 0.434 e. The second kappa shape index (κ2) is 5.83. The molecule has 1 aromatic heterocycles. The van der Waals surface area contributed by atoms with E-state index >= 15 is 0 Å². The van der Waals surface area contributed by atoms with E-state index < -0.39 is 6.09 Å². The summed E-state index contributed by atoms with van der Waals surface area (Å²) in [6, 6.07) is 2.50. The standard InChI is InChI=1S/C12H19N3O4/c1-2-5-13-6-8-14(9-7-13)12(18)19-15-10(16)3-4-11(15)17/h3-4,16-17H,2,5-9H2,1H3. The number of hydrogen-bond donors (Lipinski definition) is 2. The van der Waals surface area contributed by atoms with E-state index in [1.165, 1.54) is 12.1 Å². The van der Waals surface area contributed by atoms with E-state index in [2.05, 4.69) is 11.8 Å². The van der Waals surface area contributed by atoms with Crippen LogP contribution in [0.5, 0.6) is 11.8 Å². The lowest BCUT2D eigenvalue weighted by Gasteiger charge is -2.33. The Morgan fingerprint density at radius 1 is 1.21 bits per heavy atom. The Morgan fingerprint density at radius 2 is 1.79 bits per heavy atom. The molecule has 1 aliphatic rings. The van der Waals surface area contributed by atoms with Crippen LogP contribution in [0.3, 0.4) is 0 Å². The van der Waals surface area contributed by atoms with Crippen molar-refractivity contribution >= 4 is 6.09 Å². The molecule has 1 fully saturated rings. The molecule has 7 heteroatoms. The Balaban J connectivity index is 1.88. The second-order valence-corrected chi connectivity index (χ2v) is 4.53. The maximum Gasteiger partial charge on any atom is 0.434 e. The minimum atomic E-state index is -0.571. The van der Waals surface area contributed by atoms with Crippen molar-refractivity contribution in [3.8, 4) is 11.8 Å². The van der Waals surface area contributed by atoms with Gasteiger partial charge in [-0.15, -0.1) is 4.73 Å². The van der Waals surface area contributed by atoms with Gasteiger partial charge in [-0.2, -0.15) is 0 Å². The average molecular weight is 269 g/mol. The molecular weight excluding hydrogens is 250 g/mol. The summed E-state index contributed by atoms with van der Waals surface area (Å²) in [5, 5.41) is 18.8. The minimum Gasteiger partial charge on any atom is -0.492 e. The number of amides is 1. The lowest BCUT2D eigenvalue weighted by Crippen LogP contribution is -2.50. The first kappa shape index (κ1) is 13.5. The predicted octanol–water partition coefficient (Wildman–Crippen LogP) is 0.475. The van der Waals surface area contributed by atoms with Crippen LogP contribution in [0.1, 0.15) is 13.3 Å². The lowest BCUT2D eigenvalue weighted by atomic mass is 10.3. The van der Waals surface area contributed by atoms with E-state index in [4.69, 9.17) is 4.84 Å². The van der Waals surface area contributed by atoms with Crippen molar-refractivity contribution < 1.29 is 19.8 Å². The fourth-order valence-electron chi connectivity index (χ4n) is 2.10. The number of hydrogen-bond acceptors (Lipinski definition) is 5. The Hall–Kier alpha value is -1.89. The summed E-state index contributed by atoms with van der Waals surface area (Å²) in [5.74, 6) is -0.620. The Morgan fingerprint density at radius 3 is 2.32 bits per heavy atom. The number of rotatable bonds is 3. The third-order valence-corrected chi connectivity index (χ3v) is 3.14. The first-order valence-electron chi connectivity index (χ1n) is 6.41. The van der Waals surface area contributed by atoms with Crippen LogP contribution in [0.25, 0.3) is 0 Å². The van der Waals surface area contributed by atoms with Crippen molar-refractivity contribution in [2.24, 2.45) is 0 Å². The maximum atomic E-state index is 11.9. The molecule has 0 saturated carbocycles. The fraction of sp³-hybridized carbons (Fsp3) is 0.583. The number of carbonyl (C=O) groups excluding carboxylic acids is 1. The topological polar surface area (TPSA) is 78.2 Å². The van der Waals surface area contributed by atoms with E-state index in [0.29, 0.717) is 17.8 Å². The maximum absolute atomic E-state index is 11.9. The number of piperazine rings is 1. The van der Waals surface area contributed by atoms with E-state index in [9.17, 15) is 15.0 Å². The van der Waals surface area contributed by atoms with Gasteiger partial charge in [-0.1, -0.05) is 6.92 Å². The Kier molecular flexibility index (Phi) is 4.16. The van der Waals surface area contributed by atoms with Gasteiger partial charge in [0.2, 0.25) is 11.8 Å². The molecule has 0 atom stereocenters. The van der Waals surface area contributed by atoms with Gasteiger partial charge in [0.25, 0.3) is 0 Å². The summed E-state index contributed by atoms with van der Waals surface area (Å²) in [6.07, 6.45) is 0.521. The highest BCUT2D eigenvalue weighted by Gasteiger charge is 2.23. The van der Waals surface area contributed by atoms with Crippen LogP contribution in [0.2, 0.25) is 0 Å². The van der Waals surface area contributed by atoms with Crippen molar-refractivity contribution in [3.05, 3.63) is 12.1 Å². The molecule has 0 spiro atoms. The van der Waals surface area contributed by atoms with Crippen LogP contribution >= 0.6 is 0 Å². The molecule has 2 rings (SSSR count). The molecule has 0 aliphatic carbocycles. The normalized spacial score (nSPS) is 16.6. The first-order chi connectivity index (χ1) is 9.11. The van der Waals surface area contributed by atoms with Crippen LogP contribution in [-0.4, -0.2) is 63.6 Å². The highest BCUT2D eigenvalue weighted by molar-refractivity contribution is 5.68. The van der Waals surface area contributed by atoms with Crippen LogP contribution < -0.4 is 4.84 Å². The van der Waals surface area contributed by atoms with Crippen LogP contribution in [0.15, 0.2) is 12.1 Å². The van der Waals surface area contributed by atoms with Crippen molar-refractivity contribution in [2.75, 3.05) is 32.7 Å². The fourth-order valence-corrected chi connectivity index (χ4v) is 2.10. The number of carbonyl (C=O) groups is 1. The van der Waals surface area contributed by atoms with Crippen molar-refractivity contribution in [3.63, 3.8) is 0 Å². The van der Waals surface area contributed by atoms with Crippen molar-refractivity contribution in [1.29, 1.82) is 0 Å². The van der Waals surface area contributed by atoms with Gasteiger partial charge in [0.05, 0.1) is 0 Å². The molecule has 2 heterocycles. The summed E-state index contributed by atoms with van der Waals surface area (Å²) in [5.41, 5.74) is 0. The van der Waals surface area contributed by atoms with Gasteiger partial charge in [-0.3, -0.25) is 4.90 Å². The molecule has 0 unspecified atom stereocenters. The minimum absolute atomic E-state index is 0.310. The van der Waals surface area contributed by atoms with Crippen LogP contribution in [-0.2, 0) is 0 Å². The molecule has 0 bridgehead atoms. The number of aromatic nitrogens is 1. The molecule has 7 nitrogen and oxygen atoms in total. The molecule has 1 aliphatic heterocycles. The molecule has 1 amide bonds. The van der Waals surface area contributed by atoms with E-state index in [-0.39, 0.29) is 11.8 Å². The van der Waals surface area contributed by atoms with Gasteiger partial charge < -0.3 is 20.0 Å². The van der Waals surface area contributed by atoms with Gasteiger partial charge in [0, 0.05) is 38.3 Å². The second-order valence-electron chi connectivity index (χ2n) is 4.53. The van der Waals surface area contributed by atoms with E-state index in [1.807, 2.05) is 0 Å². The molecule has 0 radical (unpaired) electrons. The summed E-state index contributed by atoms with van der Waals surface area (Å²) < 4.78 is 0.709. The van der Waals surface area contributed by atoms with E-state index in [1.54, 1.807) is 4.90 Å². The zero-order valence-electron chi connectivity index (χ0n) is 10.9. The molecule has 0 aromatic carbocycles. The summed E-state index contributed by atoms with van der Waals surface area (Å²) in [6.45, 7) is 5.95. The van der Waals surface area contributed by atoms with Gasteiger partial charge in [0.1, 0.15) is 0 Å². The quantitative estimate of drug-likeness (QED) is 0.834. The SMILES string of the molecule is CCCN1CCN(C(=O)On2c(O)ccc2O)CC1. The molecular formula is C12H19N3O4. The monoisotopic (exact) mass is 269 g/mol. The van der Waals surface area contributed by atoms with E-state index in [0.717, 1.165) is 26.1 Å². The molecule has 1 saturated heterocycles. The summed E-state index contributed by atoms with van der Waals surface area (Å²) in [4.78, 5) is 20.7. The molecule has 19 heavy (non-hydrogen) atoms. The largest absolute Gasteiger partial charge is 0.492 e. The van der Waals surface area contributed by atoms with Gasteiger partial charge in [0.15, 0.2) is 0 Å². The molecule has 106 valence electrons. The highest BCUT2D eigenvalue weighted by Crippen LogP contribution is 2.19. The highest BCUT2D eigenvalue weighted by atomic mass is 16.7. The predicted molar refractivity (Wildman–Crippen MR) is 68.0 cm³/mol. The third-order valence-electron chi connectivity index (χ3n) is 3.14.